The van der Waals surface area contributed by atoms with Crippen molar-refractivity contribution in [2.45, 2.75) is 19.9 Å². The van der Waals surface area contributed by atoms with Crippen molar-refractivity contribution in [3.8, 4) is 0 Å². The minimum Gasteiger partial charge on any atom is -0.480 e. The van der Waals surface area contributed by atoms with E-state index in [0.717, 1.165) is 19.6 Å². The summed E-state index contributed by atoms with van der Waals surface area (Å²) in [5.74, 6) is -0.873. The summed E-state index contributed by atoms with van der Waals surface area (Å²) < 4.78 is 0. The van der Waals surface area contributed by atoms with Gasteiger partial charge in [-0.25, -0.2) is 0 Å². The highest BCUT2D eigenvalue weighted by molar-refractivity contribution is 5.75. The largest absolute Gasteiger partial charge is 0.480 e. The van der Waals surface area contributed by atoms with Crippen molar-refractivity contribution in [2.75, 3.05) is 26.2 Å². The molecule has 5 nitrogen and oxygen atoms in total. The first-order valence-corrected chi connectivity index (χ1v) is 6.27. The molecule has 0 saturated heterocycles. The van der Waals surface area contributed by atoms with Gasteiger partial charge in [0, 0.05) is 25.5 Å². The van der Waals surface area contributed by atoms with E-state index in [0.29, 0.717) is 12.1 Å². The van der Waals surface area contributed by atoms with Gasteiger partial charge in [-0.2, -0.15) is 0 Å². The van der Waals surface area contributed by atoms with Crippen LogP contribution in [0.4, 0.5) is 0 Å². The van der Waals surface area contributed by atoms with Crippen LogP contribution in [-0.4, -0.2) is 47.1 Å². The number of aromatic nitrogens is 1. The van der Waals surface area contributed by atoms with Crippen molar-refractivity contribution >= 4 is 5.97 Å². The number of rotatable bonds is 8. The molecule has 0 fully saturated rings. The molecular formula is C13H21N3O2. The van der Waals surface area contributed by atoms with Crippen molar-refractivity contribution in [1.29, 1.82) is 0 Å². The molecule has 2 N–H and O–H groups in total. The molecule has 0 aliphatic heterocycles. The number of nitrogens with zero attached hydrogens (tertiary/aromatic N) is 2. The molecule has 0 spiro atoms. The van der Waals surface area contributed by atoms with Gasteiger partial charge in [-0.05, 0) is 24.7 Å². The van der Waals surface area contributed by atoms with Gasteiger partial charge in [-0.15, -0.1) is 0 Å². The fourth-order valence-electron chi connectivity index (χ4n) is 1.80. The Bertz CT molecular complexity index is 353. The Hall–Kier alpha value is -1.46. The van der Waals surface area contributed by atoms with Crippen LogP contribution in [0.1, 0.15) is 25.5 Å². The zero-order chi connectivity index (χ0) is 13.4. The zero-order valence-electron chi connectivity index (χ0n) is 11.0. The summed E-state index contributed by atoms with van der Waals surface area (Å²) in [7, 11) is 0. The molecule has 18 heavy (non-hydrogen) atoms. The first-order chi connectivity index (χ1) is 8.69. The SMILES string of the molecule is CCN(CC)CCNC(C(=O)O)c1cccnc1. The molecule has 1 aromatic rings. The second kappa shape index (κ2) is 7.79. The summed E-state index contributed by atoms with van der Waals surface area (Å²) in [4.78, 5) is 17.4. The average molecular weight is 251 g/mol. The lowest BCUT2D eigenvalue weighted by molar-refractivity contribution is -0.139. The molecule has 0 aliphatic rings. The van der Waals surface area contributed by atoms with Crippen molar-refractivity contribution in [3.63, 3.8) is 0 Å². The van der Waals surface area contributed by atoms with E-state index in [9.17, 15) is 9.90 Å². The van der Waals surface area contributed by atoms with E-state index in [-0.39, 0.29) is 0 Å². The summed E-state index contributed by atoms with van der Waals surface area (Å²) in [5.41, 5.74) is 0.685. The van der Waals surface area contributed by atoms with Crippen LogP contribution in [0.2, 0.25) is 0 Å². The molecule has 0 amide bonds. The molecule has 1 heterocycles. The van der Waals surface area contributed by atoms with E-state index >= 15 is 0 Å². The number of pyridine rings is 1. The van der Waals surface area contributed by atoms with Crippen LogP contribution in [-0.2, 0) is 4.79 Å². The summed E-state index contributed by atoms with van der Waals surface area (Å²) in [6.07, 6.45) is 3.22. The second-order valence-corrected chi connectivity index (χ2v) is 4.04. The zero-order valence-corrected chi connectivity index (χ0v) is 11.0. The number of aliphatic carboxylic acids is 1. The van der Waals surface area contributed by atoms with Crippen molar-refractivity contribution < 1.29 is 9.90 Å². The number of carbonyl (C=O) groups is 1. The van der Waals surface area contributed by atoms with Gasteiger partial charge in [0.05, 0.1) is 0 Å². The topological polar surface area (TPSA) is 65.5 Å². The predicted molar refractivity (Wildman–Crippen MR) is 70.4 cm³/mol. The quantitative estimate of drug-likeness (QED) is 0.725. The summed E-state index contributed by atoms with van der Waals surface area (Å²) in [6, 6.07) is 2.84. The highest BCUT2D eigenvalue weighted by Crippen LogP contribution is 2.10. The lowest BCUT2D eigenvalue weighted by Crippen LogP contribution is -2.36. The van der Waals surface area contributed by atoms with Gasteiger partial charge < -0.3 is 10.0 Å². The normalized spacial score (nSPS) is 12.6. The highest BCUT2D eigenvalue weighted by atomic mass is 16.4. The standard InChI is InChI=1S/C13H21N3O2/c1-3-16(4-2)9-8-15-12(13(17)18)11-6-5-7-14-10-11/h5-7,10,12,15H,3-4,8-9H2,1-2H3,(H,17,18). The van der Waals surface area contributed by atoms with E-state index in [1.54, 1.807) is 24.5 Å². The van der Waals surface area contributed by atoms with Gasteiger partial charge in [0.15, 0.2) is 0 Å². The minimum absolute atomic E-state index is 0.646. The Morgan fingerprint density at radius 1 is 1.50 bits per heavy atom. The fourth-order valence-corrected chi connectivity index (χ4v) is 1.80. The Morgan fingerprint density at radius 2 is 2.22 bits per heavy atom. The third-order valence-corrected chi connectivity index (χ3v) is 2.94. The summed E-state index contributed by atoms with van der Waals surface area (Å²) >= 11 is 0. The molecule has 0 bridgehead atoms. The summed E-state index contributed by atoms with van der Waals surface area (Å²) in [5, 5.41) is 12.3. The molecule has 100 valence electrons. The molecular weight excluding hydrogens is 230 g/mol. The number of carboxylic acids is 1. The van der Waals surface area contributed by atoms with E-state index < -0.39 is 12.0 Å². The Morgan fingerprint density at radius 3 is 2.72 bits per heavy atom. The molecule has 0 aliphatic carbocycles. The molecule has 1 aromatic heterocycles. The van der Waals surface area contributed by atoms with Crippen LogP contribution in [0.25, 0.3) is 0 Å². The van der Waals surface area contributed by atoms with E-state index in [2.05, 4.69) is 29.0 Å². The van der Waals surface area contributed by atoms with Gasteiger partial charge in [0.1, 0.15) is 6.04 Å². The number of hydrogen-bond donors (Lipinski definition) is 2. The first-order valence-electron chi connectivity index (χ1n) is 6.27. The van der Waals surface area contributed by atoms with E-state index in [1.807, 2.05) is 0 Å². The lowest BCUT2D eigenvalue weighted by atomic mass is 10.1. The van der Waals surface area contributed by atoms with Gasteiger partial charge in [-0.1, -0.05) is 19.9 Å². The number of carboxylic acid groups (broad SMARTS) is 1. The minimum atomic E-state index is -0.873. The third kappa shape index (κ3) is 4.43. The van der Waals surface area contributed by atoms with Crippen LogP contribution < -0.4 is 5.32 Å². The van der Waals surface area contributed by atoms with E-state index in [4.69, 9.17) is 0 Å². The van der Waals surface area contributed by atoms with E-state index in [1.165, 1.54) is 0 Å². The van der Waals surface area contributed by atoms with Crippen LogP contribution in [0.3, 0.4) is 0 Å². The molecule has 1 atom stereocenters. The monoisotopic (exact) mass is 251 g/mol. The first kappa shape index (κ1) is 14.6. The molecule has 0 saturated carbocycles. The van der Waals surface area contributed by atoms with Gasteiger partial charge in [-0.3, -0.25) is 15.1 Å². The predicted octanol–water partition coefficient (Wildman–Crippen LogP) is 1.14. The maximum Gasteiger partial charge on any atom is 0.325 e. The van der Waals surface area contributed by atoms with Crippen LogP contribution >= 0.6 is 0 Å². The van der Waals surface area contributed by atoms with Crippen LogP contribution in [0.15, 0.2) is 24.5 Å². The number of hydrogen-bond acceptors (Lipinski definition) is 4. The maximum atomic E-state index is 11.2. The fraction of sp³-hybridized carbons (Fsp3) is 0.538. The van der Waals surface area contributed by atoms with Gasteiger partial charge in [0.2, 0.25) is 0 Å². The third-order valence-electron chi connectivity index (χ3n) is 2.94. The van der Waals surface area contributed by atoms with Crippen molar-refractivity contribution in [1.82, 2.24) is 15.2 Å². The van der Waals surface area contributed by atoms with Crippen molar-refractivity contribution in [3.05, 3.63) is 30.1 Å². The van der Waals surface area contributed by atoms with Crippen LogP contribution in [0.5, 0.6) is 0 Å². The molecule has 0 radical (unpaired) electrons. The Labute approximate surface area is 108 Å². The molecule has 1 unspecified atom stereocenters. The number of nitrogens with one attached hydrogen (secondary N) is 1. The Balaban J connectivity index is 2.52. The van der Waals surface area contributed by atoms with Crippen molar-refractivity contribution in [2.24, 2.45) is 0 Å². The lowest BCUT2D eigenvalue weighted by Gasteiger charge is -2.20. The average Bonchev–Trinajstić information content (AvgIpc) is 2.39. The molecule has 5 heteroatoms. The van der Waals surface area contributed by atoms with Gasteiger partial charge >= 0.3 is 5.97 Å². The van der Waals surface area contributed by atoms with Gasteiger partial charge in [0.25, 0.3) is 0 Å². The maximum absolute atomic E-state index is 11.2. The summed E-state index contributed by atoms with van der Waals surface area (Å²) in [6.45, 7) is 7.63. The molecule has 0 aromatic carbocycles. The second-order valence-electron chi connectivity index (χ2n) is 4.04. The highest BCUT2D eigenvalue weighted by Gasteiger charge is 2.18. The Kier molecular flexibility index (Phi) is 6.32. The number of likely N-dealkylation sites (N-methyl/N-ethyl adjacent to an activating group) is 1. The smallest absolute Gasteiger partial charge is 0.325 e. The molecule has 1 rings (SSSR count). The van der Waals surface area contributed by atoms with Crippen LogP contribution in [0, 0.1) is 0 Å².